The van der Waals surface area contributed by atoms with E-state index >= 15 is 0 Å². The highest BCUT2D eigenvalue weighted by atomic mass is 14.9. The van der Waals surface area contributed by atoms with Gasteiger partial charge in [0.1, 0.15) is 0 Å². The summed E-state index contributed by atoms with van der Waals surface area (Å²) in [5.74, 6) is 1.01. The summed E-state index contributed by atoms with van der Waals surface area (Å²) in [6.45, 7) is 5.79. The van der Waals surface area contributed by atoms with Crippen molar-refractivity contribution in [2.75, 3.05) is 6.54 Å². The Hall–Kier alpha value is -0.0400. The lowest BCUT2D eigenvalue weighted by Crippen LogP contribution is -2.39. The topological polar surface area (TPSA) is 12.0 Å². The molecule has 1 nitrogen and oxygen atoms in total. The number of unbranched alkanes of at least 4 members (excludes halogenated alkanes) is 7. The van der Waals surface area contributed by atoms with E-state index in [2.05, 4.69) is 19.2 Å². The Balaban J connectivity index is 1.95. The Kier molecular flexibility index (Phi) is 10.5. The molecule has 1 rings (SSSR count). The zero-order valence-corrected chi connectivity index (χ0v) is 13.6. The second-order valence-corrected chi connectivity index (χ2v) is 6.52. The molecule has 1 heteroatoms. The second-order valence-electron chi connectivity index (χ2n) is 6.52. The smallest absolute Gasteiger partial charge is 0.00953 e. The molecule has 1 unspecified atom stereocenters. The molecule has 1 aliphatic rings. The predicted octanol–water partition coefficient (Wildman–Crippen LogP) is 5.69. The lowest BCUT2D eigenvalue weighted by atomic mass is 9.78. The van der Waals surface area contributed by atoms with Crippen LogP contribution in [-0.2, 0) is 0 Å². The molecule has 1 N–H and O–H groups in total. The highest BCUT2D eigenvalue weighted by Crippen LogP contribution is 2.31. The minimum Gasteiger partial charge on any atom is -0.314 e. The maximum absolute atomic E-state index is 3.79. The van der Waals surface area contributed by atoms with E-state index in [0.29, 0.717) is 0 Å². The molecule has 1 saturated carbocycles. The van der Waals surface area contributed by atoms with Crippen LogP contribution in [0.4, 0.5) is 0 Å². The molecule has 0 aromatic heterocycles. The fourth-order valence-corrected chi connectivity index (χ4v) is 3.17. The van der Waals surface area contributed by atoms with Crippen molar-refractivity contribution in [3.8, 4) is 0 Å². The van der Waals surface area contributed by atoms with Gasteiger partial charge >= 0.3 is 0 Å². The van der Waals surface area contributed by atoms with Crippen molar-refractivity contribution >= 4 is 0 Å². The standard InChI is InChI=1S/C18H37N/c1-3-5-6-7-8-9-10-11-15-18(19-16-4-2)17-13-12-14-17/h17-19H,3-16H2,1-2H3. The first-order valence-electron chi connectivity index (χ1n) is 9.11. The van der Waals surface area contributed by atoms with Gasteiger partial charge in [-0.3, -0.25) is 0 Å². The van der Waals surface area contributed by atoms with Gasteiger partial charge in [0.15, 0.2) is 0 Å². The van der Waals surface area contributed by atoms with Crippen LogP contribution in [0.25, 0.3) is 0 Å². The van der Waals surface area contributed by atoms with Crippen LogP contribution in [0.2, 0.25) is 0 Å². The van der Waals surface area contributed by atoms with E-state index < -0.39 is 0 Å². The Labute approximate surface area is 121 Å². The van der Waals surface area contributed by atoms with E-state index in [0.717, 1.165) is 12.0 Å². The quantitative estimate of drug-likeness (QED) is 0.423. The third kappa shape index (κ3) is 7.97. The van der Waals surface area contributed by atoms with Crippen molar-refractivity contribution in [2.45, 2.75) is 103 Å². The maximum atomic E-state index is 3.79. The Morgan fingerprint density at radius 3 is 2.00 bits per heavy atom. The van der Waals surface area contributed by atoms with Gasteiger partial charge in [0.25, 0.3) is 0 Å². The first-order valence-corrected chi connectivity index (χ1v) is 9.11. The van der Waals surface area contributed by atoms with E-state index in [-0.39, 0.29) is 0 Å². The van der Waals surface area contributed by atoms with Crippen molar-refractivity contribution in [1.82, 2.24) is 5.32 Å². The summed E-state index contributed by atoms with van der Waals surface area (Å²) in [5.41, 5.74) is 0. The van der Waals surface area contributed by atoms with E-state index in [1.165, 1.54) is 90.0 Å². The average Bonchev–Trinajstić information content (AvgIpc) is 2.36. The maximum Gasteiger partial charge on any atom is 0.00953 e. The number of nitrogens with one attached hydrogen (secondary N) is 1. The van der Waals surface area contributed by atoms with Crippen LogP contribution in [-0.4, -0.2) is 12.6 Å². The Bertz CT molecular complexity index is 186. The zero-order chi connectivity index (χ0) is 13.8. The first-order chi connectivity index (χ1) is 9.38. The van der Waals surface area contributed by atoms with Crippen molar-refractivity contribution < 1.29 is 0 Å². The highest BCUT2D eigenvalue weighted by Gasteiger charge is 2.25. The van der Waals surface area contributed by atoms with Crippen LogP contribution in [0.3, 0.4) is 0 Å². The molecule has 0 heterocycles. The fraction of sp³-hybridized carbons (Fsp3) is 1.00. The molecule has 0 aliphatic heterocycles. The van der Waals surface area contributed by atoms with Crippen LogP contribution in [0, 0.1) is 5.92 Å². The zero-order valence-electron chi connectivity index (χ0n) is 13.6. The van der Waals surface area contributed by atoms with Crippen molar-refractivity contribution in [1.29, 1.82) is 0 Å². The van der Waals surface area contributed by atoms with Crippen LogP contribution in [0.15, 0.2) is 0 Å². The summed E-state index contributed by atoms with van der Waals surface area (Å²) in [7, 11) is 0. The lowest BCUT2D eigenvalue weighted by molar-refractivity contribution is 0.216. The lowest BCUT2D eigenvalue weighted by Gasteiger charge is -2.34. The average molecular weight is 268 g/mol. The van der Waals surface area contributed by atoms with Crippen LogP contribution >= 0.6 is 0 Å². The van der Waals surface area contributed by atoms with Gasteiger partial charge in [0.05, 0.1) is 0 Å². The summed E-state index contributed by atoms with van der Waals surface area (Å²) >= 11 is 0. The minimum absolute atomic E-state index is 0.841. The van der Waals surface area contributed by atoms with E-state index in [1.807, 2.05) is 0 Å². The summed E-state index contributed by atoms with van der Waals surface area (Å²) in [6, 6.07) is 0.841. The highest BCUT2D eigenvalue weighted by molar-refractivity contribution is 4.82. The molecule has 1 aliphatic carbocycles. The van der Waals surface area contributed by atoms with Gasteiger partial charge in [-0.2, -0.15) is 0 Å². The van der Waals surface area contributed by atoms with E-state index in [1.54, 1.807) is 0 Å². The molecule has 0 bridgehead atoms. The van der Waals surface area contributed by atoms with Crippen molar-refractivity contribution in [3.05, 3.63) is 0 Å². The molecule has 0 aromatic rings. The fourth-order valence-electron chi connectivity index (χ4n) is 3.17. The first kappa shape index (κ1) is 17.0. The molecule has 1 fully saturated rings. The second kappa shape index (κ2) is 11.8. The minimum atomic E-state index is 0.841. The summed E-state index contributed by atoms with van der Waals surface area (Å²) in [6.07, 6.45) is 18.7. The van der Waals surface area contributed by atoms with Gasteiger partial charge < -0.3 is 5.32 Å². The molecule has 0 spiro atoms. The van der Waals surface area contributed by atoms with Gasteiger partial charge in [-0.1, -0.05) is 71.6 Å². The molecule has 1 atom stereocenters. The van der Waals surface area contributed by atoms with E-state index in [4.69, 9.17) is 0 Å². The molecule has 0 amide bonds. The Morgan fingerprint density at radius 2 is 1.47 bits per heavy atom. The van der Waals surface area contributed by atoms with Crippen LogP contribution in [0.5, 0.6) is 0 Å². The number of hydrogen-bond acceptors (Lipinski definition) is 1. The number of rotatable bonds is 13. The SMILES string of the molecule is CCCCCCCCCCC(NCCC)C1CCC1. The Morgan fingerprint density at radius 1 is 0.842 bits per heavy atom. The van der Waals surface area contributed by atoms with Gasteiger partial charge in [-0.25, -0.2) is 0 Å². The van der Waals surface area contributed by atoms with Crippen molar-refractivity contribution in [2.24, 2.45) is 5.92 Å². The molecular formula is C18H37N. The van der Waals surface area contributed by atoms with Gasteiger partial charge in [-0.15, -0.1) is 0 Å². The van der Waals surface area contributed by atoms with Crippen LogP contribution < -0.4 is 5.32 Å². The van der Waals surface area contributed by atoms with Gasteiger partial charge in [0, 0.05) is 6.04 Å². The third-order valence-corrected chi connectivity index (χ3v) is 4.74. The van der Waals surface area contributed by atoms with Crippen LogP contribution in [0.1, 0.15) is 97.3 Å². The van der Waals surface area contributed by atoms with E-state index in [9.17, 15) is 0 Å². The third-order valence-electron chi connectivity index (χ3n) is 4.74. The molecule has 0 saturated heterocycles. The number of hydrogen-bond donors (Lipinski definition) is 1. The van der Waals surface area contributed by atoms with Gasteiger partial charge in [-0.05, 0) is 38.1 Å². The predicted molar refractivity (Wildman–Crippen MR) is 86.6 cm³/mol. The monoisotopic (exact) mass is 267 g/mol. The summed E-state index contributed by atoms with van der Waals surface area (Å²) in [4.78, 5) is 0. The largest absolute Gasteiger partial charge is 0.314 e. The molecule has 0 radical (unpaired) electrons. The molecular weight excluding hydrogens is 230 g/mol. The summed E-state index contributed by atoms with van der Waals surface area (Å²) in [5, 5.41) is 3.79. The molecule has 0 aromatic carbocycles. The normalized spacial score (nSPS) is 17.4. The molecule has 114 valence electrons. The van der Waals surface area contributed by atoms with Crippen molar-refractivity contribution in [3.63, 3.8) is 0 Å². The molecule has 19 heavy (non-hydrogen) atoms. The van der Waals surface area contributed by atoms with Gasteiger partial charge in [0.2, 0.25) is 0 Å². The summed E-state index contributed by atoms with van der Waals surface area (Å²) < 4.78 is 0.